The number of carbonyl (C=O) groups is 1. The van der Waals surface area contributed by atoms with E-state index < -0.39 is 0 Å². The lowest BCUT2D eigenvalue weighted by Crippen LogP contribution is -2.31. The average Bonchev–Trinajstić information content (AvgIpc) is 3.43. The van der Waals surface area contributed by atoms with E-state index in [2.05, 4.69) is 39.7 Å². The molecule has 1 fully saturated rings. The highest BCUT2D eigenvalue weighted by Crippen LogP contribution is 2.38. The van der Waals surface area contributed by atoms with Crippen molar-refractivity contribution in [1.82, 2.24) is 19.5 Å². The van der Waals surface area contributed by atoms with E-state index in [0.717, 1.165) is 47.8 Å². The van der Waals surface area contributed by atoms with Crippen LogP contribution in [0.3, 0.4) is 0 Å². The Morgan fingerprint density at radius 1 is 1.00 bits per heavy atom. The minimum Gasteiger partial charge on any atom is -0.341 e. The summed E-state index contributed by atoms with van der Waals surface area (Å²) in [6.45, 7) is 3.77. The number of nitrogens with zero attached hydrogens (tertiary/aromatic N) is 4. The maximum Gasteiger partial charge on any atom is 0.240 e. The van der Waals surface area contributed by atoms with E-state index in [1.807, 2.05) is 47.4 Å². The summed E-state index contributed by atoms with van der Waals surface area (Å²) in [6, 6.07) is 20.3. The van der Waals surface area contributed by atoms with Crippen LogP contribution in [0.1, 0.15) is 29.2 Å². The Kier molecular flexibility index (Phi) is 4.72. The van der Waals surface area contributed by atoms with Crippen molar-refractivity contribution in [2.75, 3.05) is 13.1 Å². The Hall–Kier alpha value is -2.86. The molecule has 1 unspecified atom stereocenters. The molecule has 146 valence electrons. The molecule has 1 saturated heterocycles. The molecule has 6 heteroatoms. The number of likely N-dealkylation sites (tertiary alicyclic amines) is 1. The molecule has 0 radical (unpaired) electrons. The van der Waals surface area contributed by atoms with Crippen LogP contribution >= 0.6 is 11.8 Å². The van der Waals surface area contributed by atoms with Gasteiger partial charge in [-0.2, -0.15) is 0 Å². The number of aryl methyl sites for hydroxylation is 1. The number of benzene rings is 2. The Morgan fingerprint density at radius 3 is 2.52 bits per heavy atom. The van der Waals surface area contributed by atoms with Crippen molar-refractivity contribution in [2.24, 2.45) is 0 Å². The Balaban J connectivity index is 1.61. The number of fused-ring (bicyclic) bond motifs is 3. The van der Waals surface area contributed by atoms with Gasteiger partial charge < -0.3 is 4.90 Å². The first-order valence-corrected chi connectivity index (χ1v) is 10.8. The third-order valence-corrected chi connectivity index (χ3v) is 6.73. The summed E-state index contributed by atoms with van der Waals surface area (Å²) in [6.07, 6.45) is 2.16. The van der Waals surface area contributed by atoms with Gasteiger partial charge in [-0.3, -0.25) is 9.20 Å². The minimum absolute atomic E-state index is 0.159. The maximum atomic E-state index is 13.4. The number of aromatic nitrogens is 3. The zero-order chi connectivity index (χ0) is 19.8. The second kappa shape index (κ2) is 7.52. The Labute approximate surface area is 173 Å². The second-order valence-corrected chi connectivity index (χ2v) is 8.53. The summed E-state index contributed by atoms with van der Waals surface area (Å²) in [5, 5.41) is 10.5. The fraction of sp³-hybridized carbons (Fsp3) is 0.261. The number of pyridine rings is 1. The first-order valence-electron chi connectivity index (χ1n) is 9.96. The van der Waals surface area contributed by atoms with E-state index in [4.69, 9.17) is 0 Å². The standard InChI is InChI=1S/C23H22N4OS/c1-16-15-20-24-25-23(27(20)19-12-6-5-11-18(16)19)29-21(17-9-3-2-4-10-17)22(28)26-13-7-8-14-26/h2-6,9-12,15,21H,7-8,13-14H2,1H3. The third kappa shape index (κ3) is 3.27. The molecule has 29 heavy (non-hydrogen) atoms. The summed E-state index contributed by atoms with van der Waals surface area (Å²) in [7, 11) is 0. The van der Waals surface area contributed by atoms with E-state index >= 15 is 0 Å². The molecule has 1 atom stereocenters. The van der Waals surface area contributed by atoms with Crippen LogP contribution in [0.4, 0.5) is 0 Å². The SMILES string of the molecule is Cc1cc2nnc(SC(C(=O)N3CCCC3)c3ccccc3)n2c2ccccc12. The molecule has 2 aromatic heterocycles. The van der Waals surface area contributed by atoms with E-state index in [-0.39, 0.29) is 11.2 Å². The predicted molar refractivity (Wildman–Crippen MR) is 116 cm³/mol. The van der Waals surface area contributed by atoms with Crippen molar-refractivity contribution in [3.63, 3.8) is 0 Å². The molecule has 1 aliphatic rings. The molecule has 3 heterocycles. The number of hydrogen-bond acceptors (Lipinski definition) is 4. The maximum absolute atomic E-state index is 13.4. The number of hydrogen-bond donors (Lipinski definition) is 0. The minimum atomic E-state index is -0.332. The summed E-state index contributed by atoms with van der Waals surface area (Å²) < 4.78 is 2.07. The van der Waals surface area contributed by atoms with Crippen LogP contribution in [0, 0.1) is 6.92 Å². The number of carbonyl (C=O) groups excluding carboxylic acids is 1. The zero-order valence-corrected chi connectivity index (χ0v) is 17.1. The topological polar surface area (TPSA) is 50.5 Å². The fourth-order valence-electron chi connectivity index (χ4n) is 4.05. The van der Waals surface area contributed by atoms with Crippen LogP contribution in [0.2, 0.25) is 0 Å². The van der Waals surface area contributed by atoms with Gasteiger partial charge in [0.05, 0.1) is 5.52 Å². The van der Waals surface area contributed by atoms with Crippen LogP contribution in [-0.4, -0.2) is 38.5 Å². The first kappa shape index (κ1) is 18.2. The first-order chi connectivity index (χ1) is 14.2. The quantitative estimate of drug-likeness (QED) is 0.467. The molecule has 5 rings (SSSR count). The predicted octanol–water partition coefficient (Wildman–Crippen LogP) is 4.65. The summed E-state index contributed by atoms with van der Waals surface area (Å²) in [4.78, 5) is 15.4. The molecule has 0 bridgehead atoms. The van der Waals surface area contributed by atoms with Crippen molar-refractivity contribution in [3.05, 3.63) is 71.8 Å². The summed E-state index contributed by atoms with van der Waals surface area (Å²) in [5.74, 6) is 0.159. The van der Waals surface area contributed by atoms with Crippen LogP contribution in [0.25, 0.3) is 16.6 Å². The van der Waals surface area contributed by atoms with Gasteiger partial charge in [0, 0.05) is 18.5 Å². The molecular weight excluding hydrogens is 380 g/mol. The van der Waals surface area contributed by atoms with E-state index in [0.29, 0.717) is 0 Å². The lowest BCUT2D eigenvalue weighted by atomic mass is 10.1. The monoisotopic (exact) mass is 402 g/mol. The Bertz CT molecular complexity index is 1180. The third-order valence-electron chi connectivity index (χ3n) is 5.54. The van der Waals surface area contributed by atoms with Crippen LogP contribution in [0.15, 0.2) is 65.8 Å². The number of rotatable bonds is 4. The van der Waals surface area contributed by atoms with E-state index in [1.54, 1.807) is 0 Å². The van der Waals surface area contributed by atoms with Gasteiger partial charge in [-0.05, 0) is 43.0 Å². The van der Waals surface area contributed by atoms with E-state index in [1.165, 1.54) is 22.7 Å². The molecule has 0 N–H and O–H groups in total. The van der Waals surface area contributed by atoms with Gasteiger partial charge in [-0.15, -0.1) is 10.2 Å². The number of thioether (sulfide) groups is 1. The normalized spacial score (nSPS) is 15.3. The molecule has 0 spiro atoms. The Morgan fingerprint density at radius 2 is 1.72 bits per heavy atom. The van der Waals surface area contributed by atoms with Crippen LogP contribution in [0.5, 0.6) is 0 Å². The average molecular weight is 403 g/mol. The lowest BCUT2D eigenvalue weighted by Gasteiger charge is -2.22. The number of amides is 1. The van der Waals surface area contributed by atoms with Gasteiger partial charge in [0.2, 0.25) is 5.91 Å². The molecule has 1 aliphatic heterocycles. The van der Waals surface area contributed by atoms with Crippen molar-refractivity contribution in [1.29, 1.82) is 0 Å². The van der Waals surface area contributed by atoms with Crippen molar-refractivity contribution in [3.8, 4) is 0 Å². The van der Waals surface area contributed by atoms with Gasteiger partial charge in [-0.1, -0.05) is 60.3 Å². The highest BCUT2D eigenvalue weighted by molar-refractivity contribution is 8.00. The molecule has 1 amide bonds. The molecule has 4 aromatic rings. The van der Waals surface area contributed by atoms with Crippen molar-refractivity contribution >= 4 is 34.2 Å². The van der Waals surface area contributed by atoms with E-state index in [9.17, 15) is 4.79 Å². The largest absolute Gasteiger partial charge is 0.341 e. The molecular formula is C23H22N4OS. The smallest absolute Gasteiger partial charge is 0.240 e. The van der Waals surface area contributed by atoms with Crippen molar-refractivity contribution in [2.45, 2.75) is 30.2 Å². The fourth-order valence-corrected chi connectivity index (χ4v) is 5.19. The molecule has 0 aliphatic carbocycles. The summed E-state index contributed by atoms with van der Waals surface area (Å²) >= 11 is 1.49. The van der Waals surface area contributed by atoms with Crippen molar-refractivity contribution < 1.29 is 4.79 Å². The van der Waals surface area contributed by atoms with Crippen LogP contribution in [-0.2, 0) is 4.79 Å². The summed E-state index contributed by atoms with van der Waals surface area (Å²) in [5.41, 5.74) is 4.05. The highest BCUT2D eigenvalue weighted by atomic mass is 32.2. The highest BCUT2D eigenvalue weighted by Gasteiger charge is 2.30. The number of para-hydroxylation sites is 1. The van der Waals surface area contributed by atoms with Gasteiger partial charge in [-0.25, -0.2) is 0 Å². The second-order valence-electron chi connectivity index (χ2n) is 7.46. The molecule has 5 nitrogen and oxygen atoms in total. The van der Waals surface area contributed by atoms with Gasteiger partial charge in [0.1, 0.15) is 5.25 Å². The van der Waals surface area contributed by atoms with Gasteiger partial charge >= 0.3 is 0 Å². The molecule has 2 aromatic carbocycles. The van der Waals surface area contributed by atoms with Crippen LogP contribution < -0.4 is 0 Å². The van der Waals surface area contributed by atoms with Gasteiger partial charge in [0.25, 0.3) is 0 Å². The van der Waals surface area contributed by atoms with Gasteiger partial charge in [0.15, 0.2) is 10.8 Å². The lowest BCUT2D eigenvalue weighted by molar-refractivity contribution is -0.129. The molecule has 0 saturated carbocycles. The zero-order valence-electron chi connectivity index (χ0n) is 16.3.